The summed E-state index contributed by atoms with van der Waals surface area (Å²) in [4.78, 5) is 13.6. The monoisotopic (exact) mass is 476 g/mol. The number of rotatable bonds is 8. The molecule has 0 spiro atoms. The Morgan fingerprint density at radius 2 is 1.97 bits per heavy atom. The minimum Gasteiger partial charge on any atom is -0.492 e. The van der Waals surface area contributed by atoms with Crippen molar-refractivity contribution in [2.45, 2.75) is 45.4 Å². The first kappa shape index (κ1) is 22.7. The lowest BCUT2D eigenvalue weighted by Gasteiger charge is -2.18. The lowest BCUT2D eigenvalue weighted by molar-refractivity contribution is 0.122. The molecule has 1 amide bonds. The average molecular weight is 477 g/mol. The number of tetrazole rings is 1. The highest BCUT2D eigenvalue weighted by molar-refractivity contribution is 6.02. The number of amides is 1. The summed E-state index contributed by atoms with van der Waals surface area (Å²) in [6, 6.07) is 13.7. The van der Waals surface area contributed by atoms with Crippen LogP contribution in [0.3, 0.4) is 0 Å². The Hall–Kier alpha value is -4.12. The van der Waals surface area contributed by atoms with Gasteiger partial charge in [-0.1, -0.05) is 12.1 Å². The van der Waals surface area contributed by atoms with E-state index >= 15 is 0 Å². The van der Waals surface area contributed by atoms with E-state index in [1.165, 1.54) is 11.1 Å². The molecule has 1 aliphatic carbocycles. The molecule has 0 bridgehead atoms. The van der Waals surface area contributed by atoms with Gasteiger partial charge in [0.15, 0.2) is 6.33 Å². The average Bonchev–Trinajstić information content (AvgIpc) is 3.47. The van der Waals surface area contributed by atoms with Crippen molar-refractivity contribution < 1.29 is 14.3 Å². The van der Waals surface area contributed by atoms with Gasteiger partial charge in [0.1, 0.15) is 12.4 Å². The highest BCUT2D eigenvalue weighted by Gasteiger charge is 2.30. The predicted octanol–water partition coefficient (Wildman–Crippen LogP) is 3.52. The summed E-state index contributed by atoms with van der Waals surface area (Å²) < 4.78 is 13.4. The van der Waals surface area contributed by atoms with Crippen molar-refractivity contribution >= 4 is 28.4 Å². The molecule has 2 heterocycles. The molecule has 0 radical (unpaired) electrons. The number of nitrogen functional groups attached to an aromatic ring is 1. The lowest BCUT2D eigenvalue weighted by Crippen LogP contribution is -2.39. The van der Waals surface area contributed by atoms with Crippen molar-refractivity contribution in [3.05, 3.63) is 48.8 Å². The van der Waals surface area contributed by atoms with E-state index in [0.29, 0.717) is 30.6 Å². The summed E-state index contributed by atoms with van der Waals surface area (Å²) in [5.74, 6) is 6.70. The molecule has 0 saturated heterocycles. The van der Waals surface area contributed by atoms with E-state index < -0.39 is 6.09 Å². The van der Waals surface area contributed by atoms with Crippen LogP contribution >= 0.6 is 0 Å². The molecule has 0 aliphatic heterocycles. The molecule has 4 aromatic rings. The number of anilines is 2. The smallest absolute Gasteiger partial charge is 0.429 e. The first-order chi connectivity index (χ1) is 16.9. The van der Waals surface area contributed by atoms with Crippen LogP contribution in [0.1, 0.15) is 32.7 Å². The number of aromatic nitrogens is 5. The predicted molar refractivity (Wildman–Crippen MR) is 132 cm³/mol. The summed E-state index contributed by atoms with van der Waals surface area (Å²) in [5, 5.41) is 13.5. The topological polar surface area (TPSA) is 139 Å². The fourth-order valence-electron chi connectivity index (χ4n) is 4.09. The van der Waals surface area contributed by atoms with Gasteiger partial charge in [0, 0.05) is 23.1 Å². The van der Waals surface area contributed by atoms with Gasteiger partial charge in [-0.25, -0.2) is 15.6 Å². The molecule has 2 aromatic carbocycles. The zero-order valence-corrected chi connectivity index (χ0v) is 19.7. The standard InChI is InChI=1S/C24H28N8O3/c1-15(2)35-24(33)32(26)18-5-3-16(4-6-18)23-22(25)20-10-9-19(13-21(20)31(23)17-7-8-17)34-12-11-30-28-14-27-29-30/h3-6,9-10,13-15,17H,7-8,11-12,25-26H2,1-2H3. The summed E-state index contributed by atoms with van der Waals surface area (Å²) in [7, 11) is 0. The van der Waals surface area contributed by atoms with E-state index in [0.717, 1.165) is 45.8 Å². The molecule has 11 heteroatoms. The fraction of sp³-hybridized carbons (Fsp3) is 0.333. The maximum Gasteiger partial charge on any atom is 0.429 e. The number of fused-ring (bicyclic) bond motifs is 1. The Kier molecular flexibility index (Phi) is 6.00. The highest BCUT2D eigenvalue weighted by Crippen LogP contribution is 2.46. The molecule has 2 aromatic heterocycles. The zero-order valence-electron chi connectivity index (χ0n) is 19.7. The molecule has 182 valence electrons. The number of hydrogen-bond donors (Lipinski definition) is 2. The number of hydrazine groups is 1. The third-order valence-corrected chi connectivity index (χ3v) is 5.83. The molecule has 1 aliphatic rings. The Bertz CT molecular complexity index is 1330. The Balaban J connectivity index is 1.43. The van der Waals surface area contributed by atoms with E-state index in [9.17, 15) is 4.79 Å². The number of carbonyl (C=O) groups excluding carboxylic acids is 1. The van der Waals surface area contributed by atoms with E-state index in [4.69, 9.17) is 21.1 Å². The van der Waals surface area contributed by atoms with Gasteiger partial charge in [-0.05, 0) is 56.2 Å². The minimum atomic E-state index is -0.605. The van der Waals surface area contributed by atoms with Crippen LogP contribution in [-0.4, -0.2) is 43.6 Å². The Labute approximate surface area is 202 Å². The summed E-state index contributed by atoms with van der Waals surface area (Å²) in [5.41, 5.74) is 10.8. The van der Waals surface area contributed by atoms with E-state index in [-0.39, 0.29) is 6.10 Å². The van der Waals surface area contributed by atoms with Gasteiger partial charge in [-0.2, -0.15) is 4.80 Å². The second-order valence-corrected chi connectivity index (χ2v) is 8.77. The van der Waals surface area contributed by atoms with E-state index in [1.54, 1.807) is 26.0 Å². The maximum atomic E-state index is 12.1. The molecular formula is C24H28N8O3. The fourth-order valence-corrected chi connectivity index (χ4v) is 4.09. The van der Waals surface area contributed by atoms with Gasteiger partial charge in [0.05, 0.1) is 35.2 Å². The van der Waals surface area contributed by atoms with Gasteiger partial charge in [0.25, 0.3) is 0 Å². The molecule has 1 saturated carbocycles. The van der Waals surface area contributed by atoms with Crippen molar-refractivity contribution in [3.8, 4) is 17.0 Å². The molecule has 11 nitrogen and oxygen atoms in total. The quantitative estimate of drug-likeness (QED) is 0.224. The third kappa shape index (κ3) is 4.62. The van der Waals surface area contributed by atoms with Crippen LogP contribution in [0.4, 0.5) is 16.2 Å². The van der Waals surface area contributed by atoms with Crippen molar-refractivity contribution in [2.75, 3.05) is 17.3 Å². The van der Waals surface area contributed by atoms with Gasteiger partial charge >= 0.3 is 6.09 Å². The molecule has 1 fully saturated rings. The largest absolute Gasteiger partial charge is 0.492 e. The van der Waals surface area contributed by atoms with Crippen LogP contribution < -0.4 is 21.3 Å². The van der Waals surface area contributed by atoms with Crippen LogP contribution in [0.25, 0.3) is 22.2 Å². The molecule has 0 unspecified atom stereocenters. The Morgan fingerprint density at radius 1 is 1.20 bits per heavy atom. The second-order valence-electron chi connectivity index (χ2n) is 8.77. The van der Waals surface area contributed by atoms with Crippen LogP contribution in [0.5, 0.6) is 5.75 Å². The molecule has 5 rings (SSSR count). The normalized spacial score (nSPS) is 13.4. The van der Waals surface area contributed by atoms with Gasteiger partial charge in [0.2, 0.25) is 0 Å². The van der Waals surface area contributed by atoms with Crippen molar-refractivity contribution in [3.63, 3.8) is 0 Å². The number of nitrogens with two attached hydrogens (primary N) is 2. The highest BCUT2D eigenvalue weighted by atomic mass is 16.6. The van der Waals surface area contributed by atoms with Crippen LogP contribution in [0.15, 0.2) is 48.8 Å². The number of carbonyl (C=O) groups is 1. The molecule has 35 heavy (non-hydrogen) atoms. The number of nitrogens with zero attached hydrogens (tertiary/aromatic N) is 6. The third-order valence-electron chi connectivity index (χ3n) is 5.83. The second kappa shape index (κ2) is 9.26. The zero-order chi connectivity index (χ0) is 24.5. The number of ether oxygens (including phenoxy) is 2. The first-order valence-corrected chi connectivity index (χ1v) is 11.5. The first-order valence-electron chi connectivity index (χ1n) is 11.5. The molecule has 4 N–H and O–H groups in total. The van der Waals surface area contributed by atoms with E-state index in [1.807, 2.05) is 30.3 Å². The summed E-state index contributed by atoms with van der Waals surface area (Å²) in [6.07, 6.45) is 2.72. The molecular weight excluding hydrogens is 448 g/mol. The van der Waals surface area contributed by atoms with Crippen molar-refractivity contribution in [2.24, 2.45) is 5.84 Å². The maximum absolute atomic E-state index is 12.1. The number of hydrogen-bond acceptors (Lipinski definition) is 8. The van der Waals surface area contributed by atoms with Crippen LogP contribution in [0, 0.1) is 0 Å². The van der Waals surface area contributed by atoms with Gasteiger partial charge < -0.3 is 19.8 Å². The number of benzene rings is 2. The van der Waals surface area contributed by atoms with Crippen molar-refractivity contribution in [1.82, 2.24) is 24.8 Å². The van der Waals surface area contributed by atoms with Crippen LogP contribution in [0.2, 0.25) is 0 Å². The van der Waals surface area contributed by atoms with E-state index in [2.05, 4.69) is 20.0 Å². The lowest BCUT2D eigenvalue weighted by atomic mass is 10.1. The Morgan fingerprint density at radius 3 is 2.63 bits per heavy atom. The molecule has 0 atom stereocenters. The van der Waals surface area contributed by atoms with Gasteiger partial charge in [-0.15, -0.1) is 10.2 Å². The van der Waals surface area contributed by atoms with Crippen molar-refractivity contribution in [1.29, 1.82) is 0 Å². The van der Waals surface area contributed by atoms with Crippen LogP contribution in [-0.2, 0) is 11.3 Å². The summed E-state index contributed by atoms with van der Waals surface area (Å²) in [6.45, 7) is 4.48. The summed E-state index contributed by atoms with van der Waals surface area (Å²) >= 11 is 0. The SMILES string of the molecule is CC(C)OC(=O)N(N)c1ccc(-c2c(N)c3ccc(OCCn4ncnn4)cc3n2C2CC2)cc1. The minimum absolute atomic E-state index is 0.255. The van der Waals surface area contributed by atoms with Gasteiger partial charge in [-0.3, -0.25) is 0 Å².